The van der Waals surface area contributed by atoms with Crippen molar-refractivity contribution in [1.29, 1.82) is 0 Å². The Hall–Kier alpha value is -1.52. The van der Waals surface area contributed by atoms with Crippen LogP contribution in [0, 0.1) is 5.92 Å². The Labute approximate surface area is 108 Å². The molecule has 0 saturated heterocycles. The Morgan fingerprint density at radius 2 is 1.94 bits per heavy atom. The minimum absolute atomic E-state index is 0.168. The third-order valence-corrected chi connectivity index (χ3v) is 2.45. The molecule has 0 bridgehead atoms. The van der Waals surface area contributed by atoms with Crippen molar-refractivity contribution in [2.75, 3.05) is 7.11 Å². The normalized spacial score (nSPS) is 17.3. The molecule has 0 aromatic heterocycles. The highest BCUT2D eigenvalue weighted by atomic mass is 16.6. The second kappa shape index (κ2) is 5.89. The van der Waals surface area contributed by atoms with Crippen LogP contribution in [0.1, 0.15) is 33.6 Å². The van der Waals surface area contributed by atoms with Gasteiger partial charge in [0.1, 0.15) is 5.60 Å². The van der Waals surface area contributed by atoms with E-state index in [9.17, 15) is 9.59 Å². The Bertz CT molecular complexity index is 339. The number of rotatable bonds is 4. The van der Waals surface area contributed by atoms with Gasteiger partial charge in [-0.15, -0.1) is 0 Å². The first kappa shape index (κ1) is 14.5. The fourth-order valence-electron chi connectivity index (χ4n) is 1.47. The molecule has 0 spiro atoms. The van der Waals surface area contributed by atoms with Crippen LogP contribution < -0.4 is 5.32 Å². The van der Waals surface area contributed by atoms with Crippen LogP contribution in [-0.2, 0) is 14.3 Å². The van der Waals surface area contributed by atoms with E-state index in [1.807, 2.05) is 20.8 Å². The van der Waals surface area contributed by atoms with E-state index < -0.39 is 17.7 Å². The van der Waals surface area contributed by atoms with Crippen LogP contribution in [0.2, 0.25) is 0 Å². The van der Waals surface area contributed by atoms with Gasteiger partial charge in [-0.2, -0.15) is 0 Å². The second-order valence-corrected chi connectivity index (χ2v) is 5.39. The lowest BCUT2D eigenvalue weighted by Gasteiger charge is -2.22. The zero-order valence-corrected chi connectivity index (χ0v) is 11.4. The predicted octanol–water partition coefficient (Wildman–Crippen LogP) is 2.02. The van der Waals surface area contributed by atoms with E-state index in [0.717, 1.165) is 12.8 Å². The van der Waals surface area contributed by atoms with Gasteiger partial charge < -0.3 is 14.8 Å². The average Bonchev–Trinajstić information content (AvgIpc) is 3.04. The number of alkyl carbamates (subject to hydrolysis) is 1. The molecular formula is C13H21NO4. The molecule has 18 heavy (non-hydrogen) atoms. The molecule has 0 aromatic rings. The Kier molecular flexibility index (Phi) is 4.76. The fourth-order valence-corrected chi connectivity index (χ4v) is 1.47. The number of hydrogen-bond donors (Lipinski definition) is 1. The summed E-state index contributed by atoms with van der Waals surface area (Å²) < 4.78 is 9.70. The van der Waals surface area contributed by atoms with Crippen molar-refractivity contribution in [2.24, 2.45) is 5.92 Å². The van der Waals surface area contributed by atoms with E-state index in [-0.39, 0.29) is 6.04 Å². The number of carbonyl (C=O) groups is 2. The molecule has 1 N–H and O–H groups in total. The largest absolute Gasteiger partial charge is 0.466 e. The average molecular weight is 255 g/mol. The van der Waals surface area contributed by atoms with E-state index >= 15 is 0 Å². The van der Waals surface area contributed by atoms with E-state index in [1.54, 1.807) is 6.08 Å². The highest BCUT2D eigenvalue weighted by Gasteiger charge is 2.31. The number of hydrogen-bond acceptors (Lipinski definition) is 4. The summed E-state index contributed by atoms with van der Waals surface area (Å²) in [6.45, 7) is 5.43. The lowest BCUT2D eigenvalue weighted by atomic mass is 10.1. The predicted molar refractivity (Wildman–Crippen MR) is 67.0 cm³/mol. The van der Waals surface area contributed by atoms with Crippen LogP contribution in [-0.4, -0.2) is 30.8 Å². The van der Waals surface area contributed by atoms with Crippen molar-refractivity contribution in [3.63, 3.8) is 0 Å². The molecule has 0 heterocycles. The third-order valence-electron chi connectivity index (χ3n) is 2.45. The number of ether oxygens (including phenoxy) is 2. The summed E-state index contributed by atoms with van der Waals surface area (Å²) in [4.78, 5) is 22.7. The maximum atomic E-state index is 11.6. The van der Waals surface area contributed by atoms with Gasteiger partial charge in [0.25, 0.3) is 0 Å². The first-order valence-corrected chi connectivity index (χ1v) is 6.07. The highest BCUT2D eigenvalue weighted by Crippen LogP contribution is 2.33. The van der Waals surface area contributed by atoms with Gasteiger partial charge in [0, 0.05) is 6.08 Å². The second-order valence-electron chi connectivity index (χ2n) is 5.39. The topological polar surface area (TPSA) is 64.6 Å². The summed E-state index contributed by atoms with van der Waals surface area (Å²) >= 11 is 0. The Balaban J connectivity index is 2.50. The minimum Gasteiger partial charge on any atom is -0.466 e. The van der Waals surface area contributed by atoms with E-state index in [4.69, 9.17) is 4.74 Å². The summed E-state index contributed by atoms with van der Waals surface area (Å²) in [7, 11) is 1.32. The van der Waals surface area contributed by atoms with Crippen molar-refractivity contribution >= 4 is 12.1 Å². The van der Waals surface area contributed by atoms with E-state index in [1.165, 1.54) is 13.2 Å². The van der Waals surface area contributed by atoms with Gasteiger partial charge >= 0.3 is 12.1 Å². The van der Waals surface area contributed by atoms with Crippen LogP contribution in [0.15, 0.2) is 12.2 Å². The van der Waals surface area contributed by atoms with Gasteiger partial charge in [-0.1, -0.05) is 6.08 Å². The molecule has 5 nitrogen and oxygen atoms in total. The van der Waals surface area contributed by atoms with Crippen LogP contribution in [0.3, 0.4) is 0 Å². The van der Waals surface area contributed by atoms with Crippen LogP contribution >= 0.6 is 0 Å². The molecule has 1 aliphatic carbocycles. The first-order chi connectivity index (χ1) is 8.31. The molecular weight excluding hydrogens is 234 g/mol. The molecule has 0 aromatic carbocycles. The van der Waals surface area contributed by atoms with Gasteiger partial charge in [0.15, 0.2) is 0 Å². The molecule has 0 unspecified atom stereocenters. The molecule has 1 atom stereocenters. The number of esters is 1. The van der Waals surface area contributed by atoms with Gasteiger partial charge in [-0.3, -0.25) is 0 Å². The Morgan fingerprint density at radius 1 is 1.33 bits per heavy atom. The highest BCUT2D eigenvalue weighted by molar-refractivity contribution is 5.82. The third kappa shape index (κ3) is 5.70. The molecule has 5 heteroatoms. The Morgan fingerprint density at radius 3 is 2.39 bits per heavy atom. The molecule has 1 fully saturated rings. The minimum atomic E-state index is -0.524. The molecule has 102 valence electrons. The fraction of sp³-hybridized carbons (Fsp3) is 0.692. The van der Waals surface area contributed by atoms with Gasteiger partial charge in [-0.05, 0) is 39.5 Å². The zero-order valence-electron chi connectivity index (χ0n) is 11.4. The van der Waals surface area contributed by atoms with Gasteiger partial charge in [0.05, 0.1) is 13.2 Å². The smallest absolute Gasteiger partial charge is 0.408 e. The van der Waals surface area contributed by atoms with Gasteiger partial charge in [0.2, 0.25) is 0 Å². The van der Waals surface area contributed by atoms with Gasteiger partial charge in [-0.25, -0.2) is 9.59 Å². The lowest BCUT2D eigenvalue weighted by molar-refractivity contribution is -0.134. The molecule has 1 amide bonds. The summed E-state index contributed by atoms with van der Waals surface area (Å²) in [5.74, 6) is -0.0370. The lowest BCUT2D eigenvalue weighted by Crippen LogP contribution is -2.39. The molecule has 1 rings (SSSR count). The van der Waals surface area contributed by atoms with Crippen molar-refractivity contribution in [1.82, 2.24) is 5.32 Å². The van der Waals surface area contributed by atoms with E-state index in [0.29, 0.717) is 5.92 Å². The maximum Gasteiger partial charge on any atom is 0.408 e. The monoisotopic (exact) mass is 255 g/mol. The number of nitrogens with one attached hydrogen (secondary N) is 1. The molecule has 1 aliphatic rings. The van der Waals surface area contributed by atoms with Crippen LogP contribution in [0.25, 0.3) is 0 Å². The number of amides is 1. The van der Waals surface area contributed by atoms with Crippen LogP contribution in [0.4, 0.5) is 4.79 Å². The standard InChI is InChI=1S/C13H21NO4/c1-13(2,3)18-12(16)14-10(9-5-6-9)7-8-11(15)17-4/h7-10H,5-6H2,1-4H3,(H,14,16)/b8-7+/t10-/m1/s1. The van der Waals surface area contributed by atoms with Crippen molar-refractivity contribution in [3.05, 3.63) is 12.2 Å². The van der Waals surface area contributed by atoms with Crippen LogP contribution in [0.5, 0.6) is 0 Å². The molecule has 1 saturated carbocycles. The van der Waals surface area contributed by atoms with Crippen molar-refractivity contribution in [3.8, 4) is 0 Å². The quantitative estimate of drug-likeness (QED) is 0.616. The van der Waals surface area contributed by atoms with Crippen molar-refractivity contribution in [2.45, 2.75) is 45.3 Å². The SMILES string of the molecule is COC(=O)/C=C/[C@@H](NC(=O)OC(C)(C)C)C1CC1. The number of methoxy groups -OCH3 is 1. The summed E-state index contributed by atoms with van der Waals surface area (Å²) in [5.41, 5.74) is -0.524. The summed E-state index contributed by atoms with van der Waals surface area (Å²) in [6, 6.07) is -0.168. The van der Waals surface area contributed by atoms with Crippen molar-refractivity contribution < 1.29 is 19.1 Å². The molecule has 0 radical (unpaired) electrons. The maximum absolute atomic E-state index is 11.6. The zero-order chi connectivity index (χ0) is 13.8. The van der Waals surface area contributed by atoms with E-state index in [2.05, 4.69) is 10.1 Å². The molecule has 0 aliphatic heterocycles. The summed E-state index contributed by atoms with van der Waals surface area (Å²) in [6.07, 6.45) is 4.63. The summed E-state index contributed by atoms with van der Waals surface area (Å²) in [5, 5.41) is 2.76. The number of carbonyl (C=O) groups excluding carboxylic acids is 2. The first-order valence-electron chi connectivity index (χ1n) is 6.07.